The molecule has 0 spiro atoms. The van der Waals surface area contributed by atoms with Crippen LogP contribution in [0, 0.1) is 12.8 Å². The van der Waals surface area contributed by atoms with Crippen LogP contribution in [0.3, 0.4) is 0 Å². The summed E-state index contributed by atoms with van der Waals surface area (Å²) in [6, 6.07) is 12.3. The zero-order chi connectivity index (χ0) is 15.6. The first-order valence-corrected chi connectivity index (χ1v) is 8.58. The van der Waals surface area contributed by atoms with Crippen molar-refractivity contribution in [3.05, 3.63) is 42.0 Å². The minimum atomic E-state index is 0.297. The summed E-state index contributed by atoms with van der Waals surface area (Å²) in [5.41, 5.74) is 3.24. The Morgan fingerprint density at radius 2 is 1.87 bits per heavy atom. The van der Waals surface area contributed by atoms with Crippen LogP contribution in [0.4, 0.5) is 0 Å². The highest BCUT2D eigenvalue weighted by Crippen LogP contribution is 2.29. The first-order valence-electron chi connectivity index (χ1n) is 8.58. The normalized spacial score (nSPS) is 26.7. The summed E-state index contributed by atoms with van der Waals surface area (Å²) in [4.78, 5) is 2.56. The Morgan fingerprint density at radius 3 is 2.65 bits per heavy atom. The molecule has 4 heteroatoms. The number of fused-ring (bicyclic) bond motifs is 2. The van der Waals surface area contributed by atoms with Gasteiger partial charge in [-0.05, 0) is 38.8 Å². The van der Waals surface area contributed by atoms with Gasteiger partial charge in [-0.3, -0.25) is 0 Å². The molecule has 0 amide bonds. The van der Waals surface area contributed by atoms with E-state index in [1.165, 1.54) is 31.5 Å². The number of aromatic nitrogens is 2. The number of nitrogens with zero attached hydrogens (tertiary/aromatic N) is 3. The summed E-state index contributed by atoms with van der Waals surface area (Å²) >= 11 is 0. The fourth-order valence-corrected chi connectivity index (χ4v) is 3.71. The monoisotopic (exact) mass is 309 g/mol. The van der Waals surface area contributed by atoms with Crippen LogP contribution in [-0.4, -0.2) is 40.8 Å². The maximum Gasteiger partial charge on any atom is 0.233 e. The first kappa shape index (κ1) is 14.6. The van der Waals surface area contributed by atoms with Gasteiger partial charge in [-0.1, -0.05) is 29.8 Å². The second-order valence-electron chi connectivity index (χ2n) is 6.77. The fraction of sp³-hybridized carbons (Fsp3) is 0.474. The maximum absolute atomic E-state index is 6.15. The van der Waals surface area contributed by atoms with E-state index < -0.39 is 0 Å². The number of hydrogen-bond donors (Lipinski definition) is 0. The van der Waals surface area contributed by atoms with Crippen molar-refractivity contribution >= 4 is 0 Å². The molecule has 4 nitrogen and oxygen atoms in total. The van der Waals surface area contributed by atoms with E-state index in [-0.39, 0.29) is 0 Å². The zero-order valence-corrected chi connectivity index (χ0v) is 13.6. The lowest BCUT2D eigenvalue weighted by Crippen LogP contribution is -2.49. The predicted molar refractivity (Wildman–Crippen MR) is 90.4 cm³/mol. The van der Waals surface area contributed by atoms with Gasteiger partial charge in [-0.2, -0.15) is 0 Å². The summed E-state index contributed by atoms with van der Waals surface area (Å²) in [6.07, 6.45) is 3.97. The predicted octanol–water partition coefficient (Wildman–Crippen LogP) is 3.32. The topological polar surface area (TPSA) is 38.2 Å². The Kier molecular flexibility index (Phi) is 4.00. The lowest BCUT2D eigenvalue weighted by atomic mass is 9.87. The van der Waals surface area contributed by atoms with Gasteiger partial charge in [0.05, 0.1) is 5.69 Å². The lowest BCUT2D eigenvalue weighted by molar-refractivity contribution is 0.0123. The Labute approximate surface area is 137 Å². The average Bonchev–Trinajstić information content (AvgIpc) is 2.59. The molecule has 0 saturated carbocycles. The Bertz CT molecular complexity index is 653. The number of aryl methyl sites for hydroxylation is 1. The fourth-order valence-electron chi connectivity index (χ4n) is 3.71. The third-order valence-corrected chi connectivity index (χ3v) is 5.06. The molecule has 3 heterocycles. The van der Waals surface area contributed by atoms with Crippen LogP contribution in [0.25, 0.3) is 11.3 Å². The van der Waals surface area contributed by atoms with Gasteiger partial charge in [-0.15, -0.1) is 10.2 Å². The summed E-state index contributed by atoms with van der Waals surface area (Å²) in [6.45, 7) is 5.67. The van der Waals surface area contributed by atoms with Crippen LogP contribution in [0.5, 0.6) is 5.88 Å². The molecule has 1 aromatic carbocycles. The first-order chi connectivity index (χ1) is 11.3. The minimum Gasteiger partial charge on any atom is -0.473 e. The summed E-state index contributed by atoms with van der Waals surface area (Å²) in [5, 5.41) is 8.63. The van der Waals surface area contributed by atoms with Crippen LogP contribution >= 0.6 is 0 Å². The molecular weight excluding hydrogens is 286 g/mol. The Morgan fingerprint density at radius 1 is 1.00 bits per heavy atom. The van der Waals surface area contributed by atoms with E-state index >= 15 is 0 Å². The number of rotatable bonds is 3. The Hall–Kier alpha value is -1.94. The molecule has 23 heavy (non-hydrogen) atoms. The molecule has 3 atom stereocenters. The van der Waals surface area contributed by atoms with E-state index in [1.54, 1.807) is 0 Å². The number of hydrogen-bond acceptors (Lipinski definition) is 4. The van der Waals surface area contributed by atoms with Crippen molar-refractivity contribution in [3.8, 4) is 17.1 Å². The van der Waals surface area contributed by atoms with E-state index in [9.17, 15) is 0 Å². The van der Waals surface area contributed by atoms with Gasteiger partial charge >= 0.3 is 0 Å². The van der Waals surface area contributed by atoms with Gasteiger partial charge in [0, 0.05) is 30.6 Å². The minimum absolute atomic E-state index is 0.297. The highest BCUT2D eigenvalue weighted by molar-refractivity contribution is 5.58. The molecule has 0 N–H and O–H groups in total. The van der Waals surface area contributed by atoms with Crippen molar-refractivity contribution in [2.24, 2.45) is 5.92 Å². The highest BCUT2D eigenvalue weighted by atomic mass is 16.5. The van der Waals surface area contributed by atoms with E-state index in [2.05, 4.69) is 46.3 Å². The largest absolute Gasteiger partial charge is 0.473 e. The van der Waals surface area contributed by atoms with E-state index in [4.69, 9.17) is 4.74 Å². The molecule has 3 unspecified atom stereocenters. The average molecular weight is 309 g/mol. The van der Waals surface area contributed by atoms with Crippen molar-refractivity contribution < 1.29 is 4.74 Å². The molecule has 2 saturated heterocycles. The van der Waals surface area contributed by atoms with Crippen molar-refractivity contribution in [1.29, 1.82) is 0 Å². The van der Waals surface area contributed by atoms with Crippen LogP contribution in [0.2, 0.25) is 0 Å². The molecule has 120 valence electrons. The van der Waals surface area contributed by atoms with E-state index in [0.717, 1.165) is 24.2 Å². The van der Waals surface area contributed by atoms with Gasteiger partial charge < -0.3 is 9.64 Å². The summed E-state index contributed by atoms with van der Waals surface area (Å²) < 4.78 is 6.15. The zero-order valence-electron chi connectivity index (χ0n) is 13.6. The molecule has 2 aliphatic heterocycles. The second kappa shape index (κ2) is 6.28. The molecule has 2 bridgehead atoms. The third-order valence-electron chi connectivity index (χ3n) is 5.06. The number of piperidine rings is 2. The molecule has 2 aliphatic rings. The lowest BCUT2D eigenvalue weighted by Gasteiger charge is -2.42. The number of ether oxygens (including phenoxy) is 1. The van der Waals surface area contributed by atoms with Gasteiger partial charge in [0.2, 0.25) is 5.88 Å². The van der Waals surface area contributed by atoms with Gasteiger partial charge in [-0.25, -0.2) is 0 Å². The molecule has 0 radical (unpaired) electrons. The molecule has 1 aromatic heterocycles. The second-order valence-corrected chi connectivity index (χ2v) is 6.77. The molecular formula is C19H23N3O. The van der Waals surface area contributed by atoms with Gasteiger partial charge in [0.1, 0.15) is 6.10 Å². The molecule has 2 aromatic rings. The SMILES string of the molecule is Cc1ccc(-c2ccc(OC3CCN4CCCC3C4)nn2)cc1. The van der Waals surface area contributed by atoms with Gasteiger partial charge in [0.15, 0.2) is 0 Å². The smallest absolute Gasteiger partial charge is 0.233 e. The quantitative estimate of drug-likeness (QED) is 0.872. The van der Waals surface area contributed by atoms with Crippen LogP contribution in [0.15, 0.2) is 36.4 Å². The standard InChI is InChI=1S/C19H23N3O/c1-14-4-6-15(7-5-14)17-8-9-19(21-20-17)23-18-10-12-22-11-2-3-16(18)13-22/h4-9,16,18H,2-3,10-13H2,1H3. The van der Waals surface area contributed by atoms with Crippen molar-refractivity contribution in [2.45, 2.75) is 32.3 Å². The van der Waals surface area contributed by atoms with E-state index in [1.807, 2.05) is 12.1 Å². The molecule has 4 rings (SSSR count). The van der Waals surface area contributed by atoms with Gasteiger partial charge in [0.25, 0.3) is 0 Å². The van der Waals surface area contributed by atoms with Crippen LogP contribution in [0.1, 0.15) is 24.8 Å². The molecule has 2 fully saturated rings. The van der Waals surface area contributed by atoms with E-state index in [0.29, 0.717) is 17.9 Å². The van der Waals surface area contributed by atoms with Crippen LogP contribution in [-0.2, 0) is 0 Å². The third kappa shape index (κ3) is 3.22. The molecule has 0 aliphatic carbocycles. The Balaban J connectivity index is 1.45. The van der Waals surface area contributed by atoms with Crippen molar-refractivity contribution in [2.75, 3.05) is 19.6 Å². The maximum atomic E-state index is 6.15. The summed E-state index contributed by atoms with van der Waals surface area (Å²) in [7, 11) is 0. The number of benzene rings is 1. The van der Waals surface area contributed by atoms with Crippen molar-refractivity contribution in [1.82, 2.24) is 15.1 Å². The van der Waals surface area contributed by atoms with Crippen LogP contribution < -0.4 is 4.74 Å². The van der Waals surface area contributed by atoms with Crippen molar-refractivity contribution in [3.63, 3.8) is 0 Å². The highest BCUT2D eigenvalue weighted by Gasteiger charge is 2.33. The summed E-state index contributed by atoms with van der Waals surface area (Å²) in [5.74, 6) is 1.31.